The van der Waals surface area contributed by atoms with Crippen molar-refractivity contribution in [2.45, 2.75) is 18.4 Å². The highest BCUT2D eigenvalue weighted by atomic mass is 35.5. The first-order chi connectivity index (χ1) is 12.6. The Morgan fingerprint density at radius 1 is 1.15 bits per heavy atom. The third-order valence-corrected chi connectivity index (χ3v) is 4.60. The Morgan fingerprint density at radius 3 is 2.77 bits per heavy atom. The summed E-state index contributed by atoms with van der Waals surface area (Å²) in [5.74, 6) is 1.51. The Bertz CT molecular complexity index is 752. The van der Waals surface area contributed by atoms with Crippen molar-refractivity contribution in [3.8, 4) is 11.5 Å². The Hall–Kier alpha value is -2.08. The van der Waals surface area contributed by atoms with Gasteiger partial charge in [-0.25, -0.2) is 0 Å². The first-order valence-corrected chi connectivity index (χ1v) is 9.10. The van der Waals surface area contributed by atoms with Crippen LogP contribution in [0.3, 0.4) is 0 Å². The van der Waals surface area contributed by atoms with E-state index in [9.17, 15) is 5.11 Å². The van der Waals surface area contributed by atoms with Crippen LogP contribution in [0.2, 0.25) is 0 Å². The largest absolute Gasteiger partial charge is 0.492 e. The maximum Gasteiger partial charge on any atom is 0.126 e. The molecule has 26 heavy (non-hydrogen) atoms. The summed E-state index contributed by atoms with van der Waals surface area (Å²) in [5, 5.41) is 13.0. The number of nitrogens with zero attached hydrogens (tertiary/aromatic N) is 1. The molecule has 1 aliphatic rings. The number of hydrogen-bond acceptors (Lipinski definition) is 5. The second kappa shape index (κ2) is 9.03. The lowest BCUT2D eigenvalue weighted by atomic mass is 10.1. The zero-order chi connectivity index (χ0) is 18.4. The number of benzene rings is 2. The zero-order valence-corrected chi connectivity index (χ0v) is 15.4. The molecular weight excluding hydrogens is 352 g/mol. The van der Waals surface area contributed by atoms with E-state index in [0.29, 0.717) is 25.4 Å². The van der Waals surface area contributed by atoms with Crippen molar-refractivity contribution in [3.05, 3.63) is 54.1 Å². The number of aliphatic hydroxyl groups is 1. The first kappa shape index (κ1) is 18.7. The van der Waals surface area contributed by atoms with Gasteiger partial charge < -0.3 is 19.9 Å². The summed E-state index contributed by atoms with van der Waals surface area (Å²) in [6.45, 7) is 3.69. The van der Waals surface area contributed by atoms with Crippen LogP contribution in [0.15, 0.2) is 53.5 Å². The van der Waals surface area contributed by atoms with E-state index < -0.39 is 6.10 Å². The monoisotopic (exact) mass is 374 g/mol. The summed E-state index contributed by atoms with van der Waals surface area (Å²) in [4.78, 5) is 4.43. The quantitative estimate of drug-likeness (QED) is 0.521. The molecule has 0 bridgehead atoms. The lowest BCUT2D eigenvalue weighted by Gasteiger charge is -2.16. The zero-order valence-electron chi connectivity index (χ0n) is 14.7. The second-order valence-corrected chi connectivity index (χ2v) is 6.57. The van der Waals surface area contributed by atoms with Gasteiger partial charge in [-0.2, -0.15) is 0 Å². The molecule has 3 rings (SSSR count). The molecule has 2 aromatic rings. The van der Waals surface area contributed by atoms with Gasteiger partial charge in [0.1, 0.15) is 36.2 Å². The Kier molecular flexibility index (Phi) is 6.50. The topological polar surface area (TPSA) is 63.1 Å². The lowest BCUT2D eigenvalue weighted by molar-refractivity contribution is 0.105. The molecule has 1 aliphatic heterocycles. The third-order valence-electron chi connectivity index (χ3n) is 4.06. The Labute approximate surface area is 158 Å². The molecule has 138 valence electrons. The Morgan fingerprint density at radius 2 is 1.96 bits per heavy atom. The summed E-state index contributed by atoms with van der Waals surface area (Å²) in [6.07, 6.45) is -0.625. The summed E-state index contributed by atoms with van der Waals surface area (Å²) < 4.78 is 11.4. The highest BCUT2D eigenvalue weighted by Crippen LogP contribution is 2.43. The van der Waals surface area contributed by atoms with Crippen molar-refractivity contribution in [1.29, 1.82) is 0 Å². The van der Waals surface area contributed by atoms with Gasteiger partial charge in [0.25, 0.3) is 0 Å². The molecule has 2 N–H and O–H groups in total. The van der Waals surface area contributed by atoms with Gasteiger partial charge in [-0.1, -0.05) is 24.3 Å². The van der Waals surface area contributed by atoms with Crippen molar-refractivity contribution in [1.82, 2.24) is 5.32 Å². The maximum atomic E-state index is 10.1. The van der Waals surface area contributed by atoms with Gasteiger partial charge in [0.15, 0.2) is 0 Å². The minimum Gasteiger partial charge on any atom is -0.492 e. The van der Waals surface area contributed by atoms with Crippen molar-refractivity contribution in [2.24, 2.45) is 4.99 Å². The van der Waals surface area contributed by atoms with Gasteiger partial charge in [0.05, 0.1) is 5.69 Å². The van der Waals surface area contributed by atoms with Gasteiger partial charge >= 0.3 is 0 Å². The number of para-hydroxylation sites is 1. The molecule has 0 amide bonds. The average Bonchev–Trinajstić information content (AvgIpc) is 2.95. The van der Waals surface area contributed by atoms with Crippen LogP contribution < -0.4 is 14.8 Å². The van der Waals surface area contributed by atoms with E-state index in [2.05, 4.69) is 10.3 Å². The molecular formula is C20H23ClN2O3. The number of halogens is 1. The fourth-order valence-corrected chi connectivity index (χ4v) is 3.01. The first-order valence-electron chi connectivity index (χ1n) is 8.66. The molecule has 0 radical (unpaired) electrons. The van der Waals surface area contributed by atoms with Crippen molar-refractivity contribution < 1.29 is 14.6 Å². The number of aliphatic hydroxyl groups excluding tert-OH is 1. The number of aliphatic imine (C=N–C) groups is 1. The number of ether oxygens (including phenoxy) is 2. The predicted octanol–water partition coefficient (Wildman–Crippen LogP) is 3.48. The highest BCUT2D eigenvalue weighted by molar-refractivity contribution is 6.33. The SMILES string of the molecule is CC1=Nc2cccc(OCC(O)CNCCOc3ccccc3)c2C1Cl. The summed E-state index contributed by atoms with van der Waals surface area (Å²) in [5.41, 5.74) is 2.58. The van der Waals surface area contributed by atoms with Crippen LogP contribution in [0.1, 0.15) is 17.9 Å². The molecule has 5 nitrogen and oxygen atoms in total. The van der Waals surface area contributed by atoms with Crippen LogP contribution in [0.4, 0.5) is 5.69 Å². The molecule has 0 saturated carbocycles. The molecule has 1 heterocycles. The molecule has 0 aromatic heterocycles. The molecule has 2 unspecified atom stereocenters. The van der Waals surface area contributed by atoms with Crippen molar-refractivity contribution in [2.75, 3.05) is 26.3 Å². The van der Waals surface area contributed by atoms with Crippen LogP contribution in [0.5, 0.6) is 11.5 Å². The molecule has 0 spiro atoms. The van der Waals surface area contributed by atoms with E-state index in [1.807, 2.05) is 55.5 Å². The Balaban J connectivity index is 1.38. The third kappa shape index (κ3) is 4.75. The fourth-order valence-electron chi connectivity index (χ4n) is 2.74. The second-order valence-electron chi connectivity index (χ2n) is 6.14. The number of hydrogen-bond donors (Lipinski definition) is 2. The van der Waals surface area contributed by atoms with Crippen LogP contribution in [-0.2, 0) is 0 Å². The lowest BCUT2D eigenvalue weighted by Crippen LogP contribution is -2.33. The van der Waals surface area contributed by atoms with Gasteiger partial charge in [0, 0.05) is 24.4 Å². The standard InChI is InChI=1S/C20H23ClN2O3/c1-14-20(21)19-17(23-14)8-5-9-18(19)26-13-15(24)12-22-10-11-25-16-6-3-2-4-7-16/h2-9,15,20,22,24H,10-13H2,1H3. The van der Waals surface area contributed by atoms with Gasteiger partial charge in [-0.3, -0.25) is 4.99 Å². The van der Waals surface area contributed by atoms with Crippen molar-refractivity contribution in [3.63, 3.8) is 0 Å². The minimum absolute atomic E-state index is 0.186. The summed E-state index contributed by atoms with van der Waals surface area (Å²) in [7, 11) is 0. The molecule has 2 atom stereocenters. The number of alkyl halides is 1. The number of fused-ring (bicyclic) bond motifs is 1. The maximum absolute atomic E-state index is 10.1. The summed E-state index contributed by atoms with van der Waals surface area (Å²) in [6, 6.07) is 15.3. The van der Waals surface area contributed by atoms with E-state index in [1.54, 1.807) is 0 Å². The van der Waals surface area contributed by atoms with Crippen LogP contribution in [-0.4, -0.2) is 43.2 Å². The number of nitrogens with one attached hydrogen (secondary N) is 1. The predicted molar refractivity (Wildman–Crippen MR) is 104 cm³/mol. The number of rotatable bonds is 9. The molecule has 0 fully saturated rings. The van der Waals surface area contributed by atoms with Crippen LogP contribution >= 0.6 is 11.6 Å². The van der Waals surface area contributed by atoms with E-state index >= 15 is 0 Å². The minimum atomic E-state index is -0.625. The highest BCUT2D eigenvalue weighted by Gasteiger charge is 2.26. The van der Waals surface area contributed by atoms with Gasteiger partial charge in [-0.15, -0.1) is 11.6 Å². The average molecular weight is 375 g/mol. The molecule has 2 aromatic carbocycles. The van der Waals surface area contributed by atoms with Gasteiger partial charge in [-0.05, 0) is 31.2 Å². The fraction of sp³-hybridized carbons (Fsp3) is 0.350. The molecule has 6 heteroatoms. The summed E-state index contributed by atoms with van der Waals surface area (Å²) >= 11 is 6.38. The van der Waals surface area contributed by atoms with Crippen molar-refractivity contribution >= 4 is 23.0 Å². The van der Waals surface area contributed by atoms with Crippen LogP contribution in [0, 0.1) is 0 Å². The van der Waals surface area contributed by atoms with E-state index in [1.165, 1.54) is 0 Å². The molecule has 0 saturated heterocycles. The van der Waals surface area contributed by atoms with E-state index in [-0.39, 0.29) is 12.0 Å². The van der Waals surface area contributed by atoms with E-state index in [4.69, 9.17) is 21.1 Å². The van der Waals surface area contributed by atoms with E-state index in [0.717, 1.165) is 22.7 Å². The smallest absolute Gasteiger partial charge is 0.126 e. The molecule has 0 aliphatic carbocycles. The van der Waals surface area contributed by atoms with Gasteiger partial charge in [0.2, 0.25) is 0 Å². The van der Waals surface area contributed by atoms with Crippen LogP contribution in [0.25, 0.3) is 0 Å². The normalized spacial score (nSPS) is 16.7.